The van der Waals surface area contributed by atoms with E-state index in [0.29, 0.717) is 44.3 Å². The summed E-state index contributed by atoms with van der Waals surface area (Å²) in [5, 5.41) is 1.98. The smallest absolute Gasteiger partial charge is 0.404 e. The molecule has 2 fully saturated rings. The summed E-state index contributed by atoms with van der Waals surface area (Å²) in [5.74, 6) is -0.901. The molecule has 1 aromatic heterocycles. The number of carbonyl (C=O) groups is 2. The van der Waals surface area contributed by atoms with Gasteiger partial charge in [-0.25, -0.2) is 4.98 Å². The molecule has 3 heterocycles. The number of aromatic nitrogens is 1. The first kappa shape index (κ1) is 21.8. The van der Waals surface area contributed by atoms with Gasteiger partial charge in [0.2, 0.25) is 0 Å². The highest BCUT2D eigenvalue weighted by Gasteiger charge is 2.37. The third-order valence-electron chi connectivity index (χ3n) is 5.29. The fourth-order valence-electron chi connectivity index (χ4n) is 3.63. The van der Waals surface area contributed by atoms with Gasteiger partial charge >= 0.3 is 6.36 Å². The number of ether oxygens (including phenoxy) is 1. The van der Waals surface area contributed by atoms with E-state index in [9.17, 15) is 22.8 Å². The molecule has 2 aromatic rings. The van der Waals surface area contributed by atoms with Crippen LogP contribution in [0.3, 0.4) is 0 Å². The van der Waals surface area contributed by atoms with Gasteiger partial charge in [-0.05, 0) is 18.2 Å². The minimum absolute atomic E-state index is 0.0603. The summed E-state index contributed by atoms with van der Waals surface area (Å²) >= 11 is 7.15. The third kappa shape index (κ3) is 4.94. The number of carbonyl (C=O) groups excluding carboxylic acids is 2. The van der Waals surface area contributed by atoms with Crippen LogP contribution in [0.4, 0.5) is 13.2 Å². The number of benzene rings is 1. The molecule has 0 atom stereocenters. The molecule has 2 aliphatic rings. The Morgan fingerprint density at radius 3 is 2.39 bits per heavy atom. The molecule has 0 aliphatic carbocycles. The zero-order chi connectivity index (χ0) is 22.2. The highest BCUT2D eigenvalue weighted by atomic mass is 35.5. The first-order chi connectivity index (χ1) is 14.7. The maximum absolute atomic E-state index is 12.6. The summed E-state index contributed by atoms with van der Waals surface area (Å²) in [5.41, 5.74) is 0.205. The van der Waals surface area contributed by atoms with Crippen molar-refractivity contribution < 1.29 is 27.5 Å². The minimum atomic E-state index is -4.85. The second-order valence-electron chi connectivity index (χ2n) is 7.22. The Balaban J connectivity index is 1.27. The zero-order valence-electron chi connectivity index (χ0n) is 16.1. The van der Waals surface area contributed by atoms with Crippen molar-refractivity contribution in [2.75, 3.05) is 39.3 Å². The highest BCUT2D eigenvalue weighted by molar-refractivity contribution is 7.11. The van der Waals surface area contributed by atoms with E-state index < -0.39 is 12.1 Å². The minimum Gasteiger partial charge on any atom is -0.404 e. The van der Waals surface area contributed by atoms with Crippen LogP contribution in [0, 0.1) is 0 Å². The van der Waals surface area contributed by atoms with Crippen LogP contribution in [0.25, 0.3) is 0 Å². The van der Waals surface area contributed by atoms with Gasteiger partial charge in [-0.3, -0.25) is 14.5 Å². The zero-order valence-corrected chi connectivity index (χ0v) is 17.7. The predicted molar refractivity (Wildman–Crippen MR) is 107 cm³/mol. The predicted octanol–water partition coefficient (Wildman–Crippen LogP) is 2.98. The monoisotopic (exact) mass is 474 g/mol. The fraction of sp³-hybridized carbons (Fsp3) is 0.421. The quantitative estimate of drug-likeness (QED) is 0.681. The lowest BCUT2D eigenvalue weighted by Gasteiger charge is -2.48. The van der Waals surface area contributed by atoms with Crippen LogP contribution in [-0.4, -0.2) is 83.2 Å². The first-order valence-electron chi connectivity index (χ1n) is 9.48. The Kier molecular flexibility index (Phi) is 6.09. The number of likely N-dealkylation sites (tertiary alicyclic amines) is 1. The van der Waals surface area contributed by atoms with Gasteiger partial charge in [0.15, 0.2) is 5.01 Å². The summed E-state index contributed by atoms with van der Waals surface area (Å²) in [6.45, 7) is 3.63. The molecule has 0 spiro atoms. The largest absolute Gasteiger partial charge is 0.573 e. The van der Waals surface area contributed by atoms with E-state index in [1.54, 1.807) is 21.4 Å². The molecule has 166 valence electrons. The average molecular weight is 475 g/mol. The lowest BCUT2D eigenvalue weighted by Crippen LogP contribution is -2.64. The summed E-state index contributed by atoms with van der Waals surface area (Å²) in [6.07, 6.45) is -3.24. The van der Waals surface area contributed by atoms with Gasteiger partial charge in [0, 0.05) is 62.5 Å². The van der Waals surface area contributed by atoms with Gasteiger partial charge in [0.05, 0.1) is 5.02 Å². The van der Waals surface area contributed by atoms with Crippen LogP contribution in [0.5, 0.6) is 5.75 Å². The summed E-state index contributed by atoms with van der Waals surface area (Å²) < 4.78 is 40.9. The van der Waals surface area contributed by atoms with Crippen molar-refractivity contribution in [1.82, 2.24) is 19.7 Å². The van der Waals surface area contributed by atoms with Crippen LogP contribution in [0.15, 0.2) is 29.8 Å². The molecular weight excluding hydrogens is 457 g/mol. The van der Waals surface area contributed by atoms with Gasteiger partial charge in [-0.1, -0.05) is 11.6 Å². The van der Waals surface area contributed by atoms with Gasteiger partial charge in [-0.15, -0.1) is 24.5 Å². The molecule has 12 heteroatoms. The maximum Gasteiger partial charge on any atom is 0.573 e. The Morgan fingerprint density at radius 1 is 1.10 bits per heavy atom. The van der Waals surface area contributed by atoms with Crippen molar-refractivity contribution >= 4 is 34.8 Å². The van der Waals surface area contributed by atoms with E-state index >= 15 is 0 Å². The summed E-state index contributed by atoms with van der Waals surface area (Å²) in [6, 6.07) is 3.68. The Labute approximate surface area is 185 Å². The molecule has 0 N–H and O–H groups in total. The number of hydrogen-bond acceptors (Lipinski definition) is 6. The topological polar surface area (TPSA) is 66.0 Å². The van der Waals surface area contributed by atoms with Crippen molar-refractivity contribution in [3.8, 4) is 5.75 Å². The van der Waals surface area contributed by atoms with Gasteiger partial charge in [0.1, 0.15) is 5.75 Å². The van der Waals surface area contributed by atoms with Crippen molar-refractivity contribution in [1.29, 1.82) is 0 Å². The molecule has 31 heavy (non-hydrogen) atoms. The van der Waals surface area contributed by atoms with E-state index in [1.165, 1.54) is 23.5 Å². The number of alkyl halides is 3. The van der Waals surface area contributed by atoms with Gasteiger partial charge in [-0.2, -0.15) is 0 Å². The number of halogens is 4. The number of nitrogens with zero attached hydrogens (tertiary/aromatic N) is 4. The van der Waals surface area contributed by atoms with Gasteiger partial charge < -0.3 is 14.5 Å². The van der Waals surface area contributed by atoms with Gasteiger partial charge in [0.25, 0.3) is 11.8 Å². The first-order valence-corrected chi connectivity index (χ1v) is 10.7. The van der Waals surface area contributed by atoms with Crippen LogP contribution in [0.1, 0.15) is 20.2 Å². The molecule has 0 unspecified atom stereocenters. The molecule has 2 aliphatic heterocycles. The van der Waals surface area contributed by atoms with E-state index in [2.05, 4.69) is 14.6 Å². The molecule has 7 nitrogen and oxygen atoms in total. The lowest BCUT2D eigenvalue weighted by atomic mass is 10.0. The number of thiazole rings is 1. The number of hydrogen-bond donors (Lipinski definition) is 0. The molecule has 0 saturated carbocycles. The van der Waals surface area contributed by atoms with E-state index in [-0.39, 0.29) is 28.4 Å². The van der Waals surface area contributed by atoms with Crippen LogP contribution >= 0.6 is 22.9 Å². The fourth-order valence-corrected chi connectivity index (χ4v) is 4.45. The van der Waals surface area contributed by atoms with E-state index in [0.717, 1.165) is 6.07 Å². The molecule has 2 amide bonds. The molecule has 4 rings (SSSR count). The summed E-state index contributed by atoms with van der Waals surface area (Å²) in [4.78, 5) is 34.7. The lowest BCUT2D eigenvalue weighted by molar-refractivity contribution is -0.274. The third-order valence-corrected chi connectivity index (χ3v) is 6.34. The number of amides is 2. The Hall–Kier alpha value is -2.37. The average Bonchev–Trinajstić information content (AvgIpc) is 3.22. The normalized spacial score (nSPS) is 18.1. The van der Waals surface area contributed by atoms with Crippen molar-refractivity contribution in [2.45, 2.75) is 12.4 Å². The number of piperazine rings is 1. The summed E-state index contributed by atoms with van der Waals surface area (Å²) in [7, 11) is 0. The molecule has 1 aromatic carbocycles. The van der Waals surface area contributed by atoms with Crippen molar-refractivity contribution in [2.24, 2.45) is 0 Å². The Bertz CT molecular complexity index is 959. The van der Waals surface area contributed by atoms with Crippen molar-refractivity contribution in [3.05, 3.63) is 45.4 Å². The van der Waals surface area contributed by atoms with Crippen molar-refractivity contribution in [3.63, 3.8) is 0 Å². The maximum atomic E-state index is 12.6. The number of rotatable bonds is 4. The Morgan fingerprint density at radius 2 is 1.81 bits per heavy atom. The molecular formula is C19H18ClF3N4O3S. The highest BCUT2D eigenvalue weighted by Crippen LogP contribution is 2.31. The molecule has 0 bridgehead atoms. The second kappa shape index (κ2) is 8.64. The van der Waals surface area contributed by atoms with E-state index in [4.69, 9.17) is 11.6 Å². The van der Waals surface area contributed by atoms with Crippen LogP contribution < -0.4 is 4.74 Å². The van der Waals surface area contributed by atoms with E-state index in [1.807, 2.05) is 0 Å². The molecule has 0 radical (unpaired) electrons. The standard InChI is InChI=1S/C19H18ClF3N4O3S/c20-14-9-12(1-2-15(14)30-19(21,22)23)17(28)27-10-13(11-27)25-4-6-26(7-5-25)18(29)16-24-3-8-31-16/h1-3,8-9,13H,4-7,10-11H2. The molecule has 2 saturated heterocycles. The SMILES string of the molecule is O=C(c1ccc(OC(F)(F)F)c(Cl)c1)N1CC(N2CCN(C(=O)c3nccs3)CC2)C1. The van der Waals surface area contributed by atoms with Crippen LogP contribution in [0.2, 0.25) is 5.02 Å². The second-order valence-corrected chi connectivity index (χ2v) is 8.52. The van der Waals surface area contributed by atoms with Crippen LogP contribution in [-0.2, 0) is 0 Å².